The first kappa shape index (κ1) is 16.0. The van der Waals surface area contributed by atoms with E-state index in [2.05, 4.69) is 17.6 Å². The van der Waals surface area contributed by atoms with Gasteiger partial charge in [0.2, 0.25) is 0 Å². The molecule has 0 radical (unpaired) electrons. The van der Waals surface area contributed by atoms with E-state index in [1.54, 1.807) is 7.11 Å². The molecule has 0 aliphatic carbocycles. The predicted molar refractivity (Wildman–Crippen MR) is 72.3 cm³/mol. The number of benzene rings is 1. The molecular weight excluding hydrogens is 250 g/mol. The minimum Gasteiger partial charge on any atom is -0.383 e. The highest BCUT2D eigenvalue weighted by molar-refractivity contribution is 5.18. The Morgan fingerprint density at radius 3 is 2.74 bits per heavy atom. The molecule has 5 heteroatoms. The molecule has 0 saturated carbocycles. The van der Waals surface area contributed by atoms with E-state index in [0.717, 1.165) is 19.2 Å². The summed E-state index contributed by atoms with van der Waals surface area (Å²) >= 11 is 0. The van der Waals surface area contributed by atoms with Crippen LogP contribution < -0.4 is 10.6 Å². The summed E-state index contributed by atoms with van der Waals surface area (Å²) in [5.74, 6) is -1.02. The number of nitrogens with one attached hydrogen (secondary N) is 2. The van der Waals surface area contributed by atoms with Crippen molar-refractivity contribution in [3.8, 4) is 0 Å². The fourth-order valence-electron chi connectivity index (χ4n) is 1.74. The number of hydrogen-bond donors (Lipinski definition) is 2. The third kappa shape index (κ3) is 6.61. The molecular formula is C14H22F2N2O. The smallest absolute Gasteiger partial charge is 0.129 e. The molecule has 1 rings (SSSR count). The van der Waals surface area contributed by atoms with Gasteiger partial charge in [0.15, 0.2) is 0 Å². The van der Waals surface area contributed by atoms with Gasteiger partial charge in [-0.25, -0.2) is 8.78 Å². The van der Waals surface area contributed by atoms with E-state index in [4.69, 9.17) is 4.74 Å². The maximum absolute atomic E-state index is 13.4. The van der Waals surface area contributed by atoms with E-state index in [0.29, 0.717) is 31.2 Å². The van der Waals surface area contributed by atoms with Crippen LogP contribution in [-0.2, 0) is 11.2 Å². The van der Waals surface area contributed by atoms with Gasteiger partial charge in [-0.2, -0.15) is 0 Å². The molecule has 0 aliphatic rings. The van der Waals surface area contributed by atoms with E-state index >= 15 is 0 Å². The third-order valence-corrected chi connectivity index (χ3v) is 2.84. The van der Waals surface area contributed by atoms with Crippen LogP contribution in [0, 0.1) is 11.6 Å². The minimum atomic E-state index is -0.537. The first-order valence-corrected chi connectivity index (χ1v) is 6.50. The lowest BCUT2D eigenvalue weighted by Crippen LogP contribution is -2.38. The zero-order valence-corrected chi connectivity index (χ0v) is 11.5. The minimum absolute atomic E-state index is 0.292. The molecule has 0 amide bonds. The number of methoxy groups -OCH3 is 1. The molecule has 1 aromatic carbocycles. The molecule has 0 bridgehead atoms. The Labute approximate surface area is 113 Å². The van der Waals surface area contributed by atoms with Crippen molar-refractivity contribution in [1.82, 2.24) is 10.6 Å². The number of rotatable bonds is 9. The topological polar surface area (TPSA) is 33.3 Å². The maximum atomic E-state index is 13.4. The lowest BCUT2D eigenvalue weighted by molar-refractivity contribution is 0.198. The van der Waals surface area contributed by atoms with Crippen LogP contribution in [0.4, 0.5) is 8.78 Å². The van der Waals surface area contributed by atoms with Crippen LogP contribution >= 0.6 is 0 Å². The van der Waals surface area contributed by atoms with Gasteiger partial charge in [0, 0.05) is 32.3 Å². The normalized spacial score (nSPS) is 12.6. The highest BCUT2D eigenvalue weighted by atomic mass is 19.1. The first-order valence-electron chi connectivity index (χ1n) is 6.50. The molecule has 0 saturated heterocycles. The van der Waals surface area contributed by atoms with Gasteiger partial charge in [-0.05, 0) is 31.5 Å². The van der Waals surface area contributed by atoms with Gasteiger partial charge < -0.3 is 15.4 Å². The van der Waals surface area contributed by atoms with Crippen LogP contribution in [0.25, 0.3) is 0 Å². The second-order valence-electron chi connectivity index (χ2n) is 4.54. The molecule has 1 atom stereocenters. The van der Waals surface area contributed by atoms with E-state index < -0.39 is 11.6 Å². The van der Waals surface area contributed by atoms with Gasteiger partial charge in [-0.3, -0.25) is 0 Å². The summed E-state index contributed by atoms with van der Waals surface area (Å²) in [6, 6.07) is 3.99. The lowest BCUT2D eigenvalue weighted by Gasteiger charge is -2.14. The molecule has 1 unspecified atom stereocenters. The molecule has 0 aromatic heterocycles. The van der Waals surface area contributed by atoms with Crippen molar-refractivity contribution in [3.05, 3.63) is 35.4 Å². The molecule has 0 heterocycles. The van der Waals surface area contributed by atoms with Gasteiger partial charge in [0.1, 0.15) is 11.6 Å². The van der Waals surface area contributed by atoms with Crippen molar-refractivity contribution >= 4 is 0 Å². The van der Waals surface area contributed by atoms with Crippen LogP contribution in [0.5, 0.6) is 0 Å². The van der Waals surface area contributed by atoms with E-state index in [-0.39, 0.29) is 0 Å². The molecule has 2 N–H and O–H groups in total. The summed E-state index contributed by atoms with van der Waals surface area (Å²) in [4.78, 5) is 0. The number of hydrogen-bond acceptors (Lipinski definition) is 3. The molecule has 1 aromatic rings. The summed E-state index contributed by atoms with van der Waals surface area (Å²) < 4.78 is 31.0. The fourth-order valence-corrected chi connectivity index (χ4v) is 1.74. The van der Waals surface area contributed by atoms with Gasteiger partial charge in [0.25, 0.3) is 0 Å². The molecule has 19 heavy (non-hydrogen) atoms. The van der Waals surface area contributed by atoms with Crippen LogP contribution in [-0.4, -0.2) is 39.4 Å². The van der Waals surface area contributed by atoms with Crippen molar-refractivity contribution in [2.45, 2.75) is 19.4 Å². The second kappa shape index (κ2) is 8.96. The molecule has 0 aliphatic heterocycles. The Bertz CT molecular complexity index is 374. The number of ether oxygens (including phenoxy) is 1. The highest BCUT2D eigenvalue weighted by Crippen LogP contribution is 2.09. The summed E-state index contributed by atoms with van der Waals surface area (Å²) in [6.07, 6.45) is 0.550. The molecule has 108 valence electrons. The van der Waals surface area contributed by atoms with Crippen LogP contribution in [0.3, 0.4) is 0 Å². The van der Waals surface area contributed by atoms with Crippen molar-refractivity contribution < 1.29 is 13.5 Å². The quantitative estimate of drug-likeness (QED) is 0.672. The zero-order chi connectivity index (χ0) is 14.1. The number of halogens is 2. The Kier molecular flexibility index (Phi) is 7.55. The van der Waals surface area contributed by atoms with Crippen LogP contribution in [0.15, 0.2) is 18.2 Å². The van der Waals surface area contributed by atoms with Crippen molar-refractivity contribution in [1.29, 1.82) is 0 Å². The summed E-state index contributed by atoms with van der Waals surface area (Å²) in [5.41, 5.74) is 0.536. The highest BCUT2D eigenvalue weighted by Gasteiger charge is 2.05. The largest absolute Gasteiger partial charge is 0.383 e. The first-order chi connectivity index (χ1) is 9.13. The van der Waals surface area contributed by atoms with E-state index in [1.165, 1.54) is 12.1 Å². The predicted octanol–water partition coefficient (Wildman–Crippen LogP) is 1.72. The molecule has 0 spiro atoms. The lowest BCUT2D eigenvalue weighted by atomic mass is 10.1. The maximum Gasteiger partial charge on any atom is 0.129 e. The molecule has 3 nitrogen and oxygen atoms in total. The van der Waals surface area contributed by atoms with Gasteiger partial charge in [0.05, 0.1) is 6.61 Å². The average molecular weight is 272 g/mol. The Morgan fingerprint density at radius 1 is 1.26 bits per heavy atom. The monoisotopic (exact) mass is 272 g/mol. The van der Waals surface area contributed by atoms with Crippen molar-refractivity contribution in [3.63, 3.8) is 0 Å². The van der Waals surface area contributed by atoms with E-state index in [9.17, 15) is 8.78 Å². The summed E-state index contributed by atoms with van der Waals surface area (Å²) in [5, 5.41) is 6.53. The summed E-state index contributed by atoms with van der Waals surface area (Å²) in [7, 11) is 1.67. The van der Waals surface area contributed by atoms with Gasteiger partial charge in [-0.15, -0.1) is 0 Å². The average Bonchev–Trinajstić information content (AvgIpc) is 2.37. The van der Waals surface area contributed by atoms with Crippen molar-refractivity contribution in [2.24, 2.45) is 0 Å². The van der Waals surface area contributed by atoms with Crippen LogP contribution in [0.1, 0.15) is 12.5 Å². The third-order valence-electron chi connectivity index (χ3n) is 2.84. The summed E-state index contributed by atoms with van der Waals surface area (Å²) in [6.45, 7) is 5.05. The standard InChI is InChI=1S/C14H22F2N2O/c1-11(10-17-7-8-19-2)18-6-5-12-3-4-13(15)9-14(12)16/h3-4,9,11,17-18H,5-8,10H2,1-2H3. The molecule has 0 fully saturated rings. The van der Waals surface area contributed by atoms with E-state index in [1.807, 2.05) is 0 Å². The SMILES string of the molecule is COCCNCC(C)NCCc1ccc(F)cc1F. The van der Waals surface area contributed by atoms with Crippen LogP contribution in [0.2, 0.25) is 0 Å². The van der Waals surface area contributed by atoms with Gasteiger partial charge >= 0.3 is 0 Å². The fraction of sp³-hybridized carbons (Fsp3) is 0.571. The zero-order valence-electron chi connectivity index (χ0n) is 11.5. The van der Waals surface area contributed by atoms with Crippen molar-refractivity contribution in [2.75, 3.05) is 33.4 Å². The Balaban J connectivity index is 2.18. The van der Waals surface area contributed by atoms with Gasteiger partial charge in [-0.1, -0.05) is 6.07 Å². The Hall–Kier alpha value is -1.04. The Morgan fingerprint density at radius 2 is 2.05 bits per heavy atom. The second-order valence-corrected chi connectivity index (χ2v) is 4.54.